The number of nitrogens with two attached hydrogens (primary N) is 1. The summed E-state index contributed by atoms with van der Waals surface area (Å²) in [4.78, 5) is 11.8. The Hall–Kier alpha value is -1.71. The zero-order valence-corrected chi connectivity index (χ0v) is 12.4. The summed E-state index contributed by atoms with van der Waals surface area (Å²) in [5, 5.41) is 6.43. The van der Waals surface area contributed by atoms with Gasteiger partial charge in [-0.25, -0.2) is 0 Å². The predicted octanol–water partition coefficient (Wildman–Crippen LogP) is 2.47. The highest BCUT2D eigenvalue weighted by molar-refractivity contribution is 5.96. The highest BCUT2D eigenvalue weighted by Crippen LogP contribution is 2.66. The number of nitrogens with one attached hydrogen (secondary N) is 2. The van der Waals surface area contributed by atoms with Gasteiger partial charge in [-0.05, 0) is 68.1 Å². The number of hydrogen-bond donors (Lipinski definition) is 3. The SMILES string of the molecule is CCNC(=O)c1ccc(NC2C3C4CCC(C4)C23)c(N)c1. The Kier molecular flexibility index (Phi) is 2.88. The Balaban J connectivity index is 1.46. The zero-order valence-electron chi connectivity index (χ0n) is 12.4. The van der Waals surface area contributed by atoms with Gasteiger partial charge in [-0.3, -0.25) is 4.79 Å². The van der Waals surface area contributed by atoms with Gasteiger partial charge in [0.05, 0.1) is 11.4 Å². The number of rotatable bonds is 4. The average molecular weight is 285 g/mol. The number of amides is 1. The van der Waals surface area contributed by atoms with E-state index in [9.17, 15) is 4.79 Å². The zero-order chi connectivity index (χ0) is 14.6. The number of anilines is 2. The summed E-state index contributed by atoms with van der Waals surface area (Å²) in [5.74, 6) is 3.61. The molecule has 3 aliphatic rings. The third-order valence-electron chi connectivity index (χ3n) is 5.71. The summed E-state index contributed by atoms with van der Waals surface area (Å²) >= 11 is 0. The number of fused-ring (bicyclic) bond motifs is 5. The highest BCUT2D eigenvalue weighted by atomic mass is 16.1. The summed E-state index contributed by atoms with van der Waals surface area (Å²) < 4.78 is 0. The number of carbonyl (C=O) groups is 1. The lowest BCUT2D eigenvalue weighted by Gasteiger charge is -2.14. The molecule has 4 rings (SSSR count). The van der Waals surface area contributed by atoms with Crippen LogP contribution in [-0.2, 0) is 0 Å². The average Bonchev–Trinajstić information content (AvgIpc) is 2.86. The molecule has 0 saturated heterocycles. The summed E-state index contributed by atoms with van der Waals surface area (Å²) in [6, 6.07) is 6.21. The second-order valence-electron chi connectivity index (χ2n) is 6.82. The van der Waals surface area contributed by atoms with Gasteiger partial charge in [0.15, 0.2) is 0 Å². The molecule has 0 aromatic heterocycles. The van der Waals surface area contributed by atoms with Crippen LogP contribution >= 0.6 is 0 Å². The molecular weight excluding hydrogens is 262 g/mol. The second-order valence-corrected chi connectivity index (χ2v) is 6.82. The molecule has 0 spiro atoms. The lowest BCUT2D eigenvalue weighted by Crippen LogP contribution is -2.23. The fraction of sp³-hybridized carbons (Fsp3) is 0.588. The van der Waals surface area contributed by atoms with E-state index in [4.69, 9.17) is 5.73 Å². The van der Waals surface area contributed by atoms with E-state index < -0.39 is 0 Å². The van der Waals surface area contributed by atoms with Crippen molar-refractivity contribution in [1.82, 2.24) is 5.32 Å². The number of nitrogen functional groups attached to an aromatic ring is 1. The summed E-state index contributed by atoms with van der Waals surface area (Å²) in [6.45, 7) is 2.55. The maximum Gasteiger partial charge on any atom is 0.251 e. The molecule has 0 heterocycles. The first-order valence-electron chi connectivity index (χ1n) is 8.13. The minimum atomic E-state index is -0.0583. The first kappa shape index (κ1) is 13.0. The van der Waals surface area contributed by atoms with Gasteiger partial charge in [0.2, 0.25) is 0 Å². The molecule has 3 fully saturated rings. The van der Waals surface area contributed by atoms with E-state index in [-0.39, 0.29) is 5.91 Å². The van der Waals surface area contributed by atoms with Crippen LogP contribution < -0.4 is 16.4 Å². The van der Waals surface area contributed by atoms with Crippen molar-refractivity contribution in [2.24, 2.45) is 23.7 Å². The third-order valence-corrected chi connectivity index (χ3v) is 5.71. The van der Waals surface area contributed by atoms with Crippen LogP contribution in [-0.4, -0.2) is 18.5 Å². The Morgan fingerprint density at radius 3 is 2.62 bits per heavy atom. The fourth-order valence-electron chi connectivity index (χ4n) is 4.80. The van der Waals surface area contributed by atoms with Crippen molar-refractivity contribution >= 4 is 17.3 Å². The van der Waals surface area contributed by atoms with Gasteiger partial charge in [0.25, 0.3) is 5.91 Å². The summed E-state index contributed by atoms with van der Waals surface area (Å²) in [5.41, 5.74) is 8.42. The van der Waals surface area contributed by atoms with E-state index in [1.54, 1.807) is 6.07 Å². The molecule has 4 nitrogen and oxygen atoms in total. The molecule has 21 heavy (non-hydrogen) atoms. The Bertz CT molecular complexity index is 569. The monoisotopic (exact) mass is 285 g/mol. The van der Waals surface area contributed by atoms with Crippen LogP contribution in [0.1, 0.15) is 36.5 Å². The van der Waals surface area contributed by atoms with Crippen LogP contribution in [0.3, 0.4) is 0 Å². The molecule has 4 heteroatoms. The van der Waals surface area contributed by atoms with E-state index >= 15 is 0 Å². The van der Waals surface area contributed by atoms with Crippen LogP contribution in [0.5, 0.6) is 0 Å². The van der Waals surface area contributed by atoms with E-state index in [1.165, 1.54) is 19.3 Å². The standard InChI is InChI=1S/C17H23N3O/c1-2-19-17(21)11-5-6-13(12(18)8-11)20-16-14-9-3-4-10(7-9)15(14)16/h5-6,8-10,14-16,20H,2-4,7,18H2,1H3,(H,19,21). The van der Waals surface area contributed by atoms with Crippen molar-refractivity contribution in [2.75, 3.05) is 17.6 Å². The van der Waals surface area contributed by atoms with E-state index in [2.05, 4.69) is 10.6 Å². The van der Waals surface area contributed by atoms with Crippen LogP contribution in [0.2, 0.25) is 0 Å². The minimum Gasteiger partial charge on any atom is -0.397 e. The molecule has 0 aliphatic heterocycles. The summed E-state index contributed by atoms with van der Waals surface area (Å²) in [7, 11) is 0. The summed E-state index contributed by atoms with van der Waals surface area (Å²) in [6.07, 6.45) is 4.31. The van der Waals surface area contributed by atoms with Crippen LogP contribution in [0.4, 0.5) is 11.4 Å². The van der Waals surface area contributed by atoms with Gasteiger partial charge in [0, 0.05) is 18.2 Å². The van der Waals surface area contributed by atoms with Crippen LogP contribution in [0.15, 0.2) is 18.2 Å². The van der Waals surface area contributed by atoms with Crippen molar-refractivity contribution in [1.29, 1.82) is 0 Å². The number of carbonyl (C=O) groups excluding carboxylic acids is 1. The van der Waals surface area contributed by atoms with Gasteiger partial charge in [-0.1, -0.05) is 0 Å². The van der Waals surface area contributed by atoms with Gasteiger partial charge in [0.1, 0.15) is 0 Å². The first-order chi connectivity index (χ1) is 10.2. The molecule has 0 radical (unpaired) electrons. The molecule has 1 aromatic carbocycles. The minimum absolute atomic E-state index is 0.0583. The van der Waals surface area contributed by atoms with Crippen molar-refractivity contribution in [3.63, 3.8) is 0 Å². The van der Waals surface area contributed by atoms with Crippen LogP contribution in [0, 0.1) is 23.7 Å². The lowest BCUT2D eigenvalue weighted by atomic mass is 10.0. The van der Waals surface area contributed by atoms with E-state index in [0.29, 0.717) is 23.8 Å². The van der Waals surface area contributed by atoms with Crippen molar-refractivity contribution in [3.8, 4) is 0 Å². The molecule has 2 bridgehead atoms. The fourth-order valence-corrected chi connectivity index (χ4v) is 4.80. The van der Waals surface area contributed by atoms with Crippen molar-refractivity contribution < 1.29 is 4.79 Å². The Morgan fingerprint density at radius 2 is 2.00 bits per heavy atom. The molecule has 3 saturated carbocycles. The second kappa shape index (κ2) is 4.65. The molecule has 112 valence electrons. The van der Waals surface area contributed by atoms with Crippen molar-refractivity contribution in [3.05, 3.63) is 23.8 Å². The van der Waals surface area contributed by atoms with Crippen LogP contribution in [0.25, 0.3) is 0 Å². The number of hydrogen-bond acceptors (Lipinski definition) is 3. The Labute approximate surface area is 125 Å². The maximum absolute atomic E-state index is 11.8. The third kappa shape index (κ3) is 2.00. The van der Waals surface area contributed by atoms with E-state index in [1.807, 2.05) is 19.1 Å². The molecule has 3 aliphatic carbocycles. The van der Waals surface area contributed by atoms with Crippen molar-refractivity contribution in [2.45, 2.75) is 32.2 Å². The smallest absolute Gasteiger partial charge is 0.251 e. The molecule has 4 unspecified atom stereocenters. The van der Waals surface area contributed by atoms with Gasteiger partial charge in [-0.15, -0.1) is 0 Å². The maximum atomic E-state index is 11.8. The molecule has 4 N–H and O–H groups in total. The normalized spacial score (nSPS) is 35.4. The van der Waals surface area contributed by atoms with Gasteiger partial charge < -0.3 is 16.4 Å². The van der Waals surface area contributed by atoms with Gasteiger partial charge >= 0.3 is 0 Å². The van der Waals surface area contributed by atoms with Gasteiger partial charge in [-0.2, -0.15) is 0 Å². The largest absolute Gasteiger partial charge is 0.397 e. The molecular formula is C17H23N3O. The molecule has 4 atom stereocenters. The number of benzene rings is 1. The topological polar surface area (TPSA) is 67.2 Å². The predicted molar refractivity (Wildman–Crippen MR) is 84.1 cm³/mol. The lowest BCUT2D eigenvalue weighted by molar-refractivity contribution is 0.0956. The quantitative estimate of drug-likeness (QED) is 0.745. The molecule has 1 amide bonds. The first-order valence-corrected chi connectivity index (χ1v) is 8.13. The highest BCUT2D eigenvalue weighted by Gasteiger charge is 2.65. The molecule has 1 aromatic rings. The van der Waals surface area contributed by atoms with E-state index in [0.717, 1.165) is 29.4 Å². The Morgan fingerprint density at radius 1 is 1.29 bits per heavy atom.